The van der Waals surface area contributed by atoms with E-state index < -0.39 is 6.10 Å². The zero-order chi connectivity index (χ0) is 20.3. The number of aliphatic hydroxyl groups excluding tert-OH is 1. The number of hydrogen-bond acceptors (Lipinski definition) is 3. The average molecular weight is 393 g/mol. The summed E-state index contributed by atoms with van der Waals surface area (Å²) in [4.78, 5) is 2.34. The molecule has 3 rings (SSSR count). The van der Waals surface area contributed by atoms with Crippen molar-refractivity contribution in [1.29, 1.82) is 0 Å². The minimum atomic E-state index is -0.391. The van der Waals surface area contributed by atoms with Gasteiger partial charge in [0.1, 0.15) is 0 Å². The van der Waals surface area contributed by atoms with Gasteiger partial charge >= 0.3 is 0 Å². The van der Waals surface area contributed by atoms with Crippen molar-refractivity contribution in [3.8, 4) is 0 Å². The molecule has 1 N–H and O–H groups in total. The maximum atomic E-state index is 10.7. The molecule has 0 aliphatic rings. The summed E-state index contributed by atoms with van der Waals surface area (Å²) >= 11 is 0. The number of methoxy groups -OCH3 is 1. The number of hydrogen-bond donors (Lipinski definition) is 1. The summed E-state index contributed by atoms with van der Waals surface area (Å²) < 4.78 is 7.53. The van der Waals surface area contributed by atoms with Crippen molar-refractivity contribution in [3.63, 3.8) is 0 Å². The minimum Gasteiger partial charge on any atom is -0.391 e. The van der Waals surface area contributed by atoms with E-state index in [0.717, 1.165) is 32.7 Å². The van der Waals surface area contributed by atoms with Crippen molar-refractivity contribution < 1.29 is 9.84 Å². The van der Waals surface area contributed by atoms with E-state index in [0.29, 0.717) is 13.0 Å². The Bertz CT molecular complexity index is 817. The zero-order valence-corrected chi connectivity index (χ0v) is 17.3. The van der Waals surface area contributed by atoms with Gasteiger partial charge in [-0.1, -0.05) is 60.7 Å². The number of rotatable bonds is 12. The maximum absolute atomic E-state index is 10.7. The highest BCUT2D eigenvalue weighted by molar-refractivity contribution is 5.18. The predicted octanol–water partition coefficient (Wildman–Crippen LogP) is 3.98. The van der Waals surface area contributed by atoms with Crippen molar-refractivity contribution in [2.45, 2.75) is 32.0 Å². The molecule has 4 nitrogen and oxygen atoms in total. The van der Waals surface area contributed by atoms with Gasteiger partial charge in [0, 0.05) is 51.8 Å². The molecule has 29 heavy (non-hydrogen) atoms. The summed E-state index contributed by atoms with van der Waals surface area (Å²) in [5.41, 5.74) is 3.72. The number of aromatic nitrogens is 1. The van der Waals surface area contributed by atoms with Crippen LogP contribution in [-0.2, 0) is 24.2 Å². The smallest absolute Gasteiger partial charge is 0.0707 e. The lowest BCUT2D eigenvalue weighted by atomic mass is 10.1. The van der Waals surface area contributed by atoms with Gasteiger partial charge in [0.2, 0.25) is 0 Å². The van der Waals surface area contributed by atoms with E-state index in [1.807, 2.05) is 24.3 Å². The van der Waals surface area contributed by atoms with E-state index in [1.165, 1.54) is 16.8 Å². The van der Waals surface area contributed by atoms with Crippen LogP contribution in [-0.4, -0.2) is 47.5 Å². The fourth-order valence-corrected chi connectivity index (χ4v) is 3.67. The van der Waals surface area contributed by atoms with Crippen LogP contribution >= 0.6 is 0 Å². The van der Waals surface area contributed by atoms with E-state index in [9.17, 15) is 5.11 Å². The highest BCUT2D eigenvalue weighted by Gasteiger charge is 2.15. The first kappa shape index (κ1) is 21.3. The first-order valence-corrected chi connectivity index (χ1v) is 10.4. The zero-order valence-electron chi connectivity index (χ0n) is 17.3. The highest BCUT2D eigenvalue weighted by Crippen LogP contribution is 2.13. The summed E-state index contributed by atoms with van der Waals surface area (Å²) in [6.45, 7) is 3.96. The van der Waals surface area contributed by atoms with E-state index in [2.05, 4.69) is 64.2 Å². The molecule has 154 valence electrons. The van der Waals surface area contributed by atoms with Gasteiger partial charge in [0.15, 0.2) is 0 Å². The molecule has 0 aliphatic carbocycles. The Kier molecular flexibility index (Phi) is 8.50. The van der Waals surface area contributed by atoms with Gasteiger partial charge in [-0.15, -0.1) is 0 Å². The lowest BCUT2D eigenvalue weighted by Crippen LogP contribution is -2.35. The largest absolute Gasteiger partial charge is 0.391 e. The molecule has 0 fully saturated rings. The molecular formula is C25H32N2O2. The first-order valence-electron chi connectivity index (χ1n) is 10.4. The van der Waals surface area contributed by atoms with Crippen LogP contribution in [0.4, 0.5) is 0 Å². The lowest BCUT2D eigenvalue weighted by Gasteiger charge is -2.26. The quantitative estimate of drug-likeness (QED) is 0.474. The number of benzene rings is 2. The van der Waals surface area contributed by atoms with Crippen molar-refractivity contribution >= 4 is 0 Å². The van der Waals surface area contributed by atoms with Crippen LogP contribution in [0.15, 0.2) is 79.0 Å². The van der Waals surface area contributed by atoms with Gasteiger partial charge in [0.05, 0.1) is 6.10 Å². The normalized spacial score (nSPS) is 12.4. The van der Waals surface area contributed by atoms with Crippen LogP contribution in [0.5, 0.6) is 0 Å². The molecule has 3 aromatic rings. The van der Waals surface area contributed by atoms with Crippen molar-refractivity contribution in [2.75, 3.05) is 26.8 Å². The van der Waals surface area contributed by atoms with Crippen LogP contribution in [0.1, 0.15) is 23.2 Å². The number of aliphatic hydroxyl groups is 1. The molecule has 0 amide bonds. The molecule has 1 atom stereocenters. The fourth-order valence-electron chi connectivity index (χ4n) is 3.67. The van der Waals surface area contributed by atoms with Gasteiger partial charge in [-0.2, -0.15) is 0 Å². The number of nitrogens with zero attached hydrogens (tertiary/aromatic N) is 2. The molecular weight excluding hydrogens is 360 g/mol. The summed E-state index contributed by atoms with van der Waals surface area (Å²) in [7, 11) is 1.74. The van der Waals surface area contributed by atoms with Gasteiger partial charge in [0.25, 0.3) is 0 Å². The summed E-state index contributed by atoms with van der Waals surface area (Å²) in [6.07, 6.45) is 3.37. The summed E-state index contributed by atoms with van der Waals surface area (Å²) in [5.74, 6) is 0. The molecule has 0 saturated heterocycles. The molecule has 4 heteroatoms. The Morgan fingerprint density at radius 1 is 0.931 bits per heavy atom. The van der Waals surface area contributed by atoms with Crippen LogP contribution in [0, 0.1) is 0 Å². The standard InChI is InChI=1S/C25H32N2O2/c1-29-17-9-15-26(21-25(28)18-22-10-4-2-5-11-22)20-24-14-8-16-27(24)19-23-12-6-3-7-13-23/h2-8,10-14,16,25,28H,9,15,17-21H2,1H3. The molecule has 2 aromatic carbocycles. The molecule has 0 spiro atoms. The molecule has 1 unspecified atom stereocenters. The van der Waals surface area contributed by atoms with Crippen LogP contribution in [0.25, 0.3) is 0 Å². The Labute approximate surface area is 174 Å². The van der Waals surface area contributed by atoms with Crippen LogP contribution in [0.3, 0.4) is 0 Å². The van der Waals surface area contributed by atoms with E-state index in [4.69, 9.17) is 4.74 Å². The third kappa shape index (κ3) is 7.17. The molecule has 0 radical (unpaired) electrons. The molecule has 0 bridgehead atoms. The van der Waals surface area contributed by atoms with Crippen LogP contribution in [0.2, 0.25) is 0 Å². The second-order valence-corrected chi connectivity index (χ2v) is 7.54. The monoisotopic (exact) mass is 392 g/mol. The second kappa shape index (κ2) is 11.6. The summed E-state index contributed by atoms with van der Waals surface area (Å²) in [6, 6.07) is 25.0. The predicted molar refractivity (Wildman–Crippen MR) is 118 cm³/mol. The fraction of sp³-hybridized carbons (Fsp3) is 0.360. The third-order valence-corrected chi connectivity index (χ3v) is 5.11. The van der Waals surface area contributed by atoms with E-state index in [-0.39, 0.29) is 0 Å². The number of ether oxygens (including phenoxy) is 1. The second-order valence-electron chi connectivity index (χ2n) is 7.54. The Morgan fingerprint density at radius 2 is 1.62 bits per heavy atom. The topological polar surface area (TPSA) is 37.6 Å². The highest BCUT2D eigenvalue weighted by atomic mass is 16.5. The van der Waals surface area contributed by atoms with E-state index in [1.54, 1.807) is 7.11 Å². The third-order valence-electron chi connectivity index (χ3n) is 5.11. The molecule has 0 saturated carbocycles. The van der Waals surface area contributed by atoms with Gasteiger partial charge in [-0.25, -0.2) is 0 Å². The SMILES string of the molecule is COCCCN(Cc1cccn1Cc1ccccc1)CC(O)Cc1ccccc1. The van der Waals surface area contributed by atoms with E-state index >= 15 is 0 Å². The van der Waals surface area contributed by atoms with Crippen molar-refractivity contribution in [1.82, 2.24) is 9.47 Å². The van der Waals surface area contributed by atoms with Crippen molar-refractivity contribution in [3.05, 3.63) is 95.8 Å². The van der Waals surface area contributed by atoms with Gasteiger partial charge < -0.3 is 14.4 Å². The van der Waals surface area contributed by atoms with Crippen LogP contribution < -0.4 is 0 Å². The Balaban J connectivity index is 1.63. The average Bonchev–Trinajstić information content (AvgIpc) is 3.16. The maximum Gasteiger partial charge on any atom is 0.0707 e. The van der Waals surface area contributed by atoms with Gasteiger partial charge in [-0.3, -0.25) is 4.90 Å². The summed E-state index contributed by atoms with van der Waals surface area (Å²) in [5, 5.41) is 10.7. The van der Waals surface area contributed by atoms with Crippen molar-refractivity contribution in [2.24, 2.45) is 0 Å². The Hall–Kier alpha value is -2.40. The molecule has 0 aliphatic heterocycles. The first-order chi connectivity index (χ1) is 14.2. The molecule has 1 heterocycles. The van der Waals surface area contributed by atoms with Gasteiger partial charge in [-0.05, 0) is 36.1 Å². The minimum absolute atomic E-state index is 0.391. The molecule has 1 aromatic heterocycles. The lowest BCUT2D eigenvalue weighted by molar-refractivity contribution is 0.0982. The Morgan fingerprint density at radius 3 is 2.31 bits per heavy atom.